The number of aliphatic hydroxyl groups excluding tert-OH is 1. The minimum absolute atomic E-state index is 0.255. The molecule has 1 aromatic carbocycles. The summed E-state index contributed by atoms with van der Waals surface area (Å²) in [4.78, 5) is 0. The van der Waals surface area contributed by atoms with Gasteiger partial charge in [-0.3, -0.25) is 0 Å². The number of benzene rings is 1. The van der Waals surface area contributed by atoms with E-state index >= 15 is 0 Å². The van der Waals surface area contributed by atoms with Gasteiger partial charge in [-0.2, -0.15) is 0 Å². The van der Waals surface area contributed by atoms with E-state index in [2.05, 4.69) is 24.3 Å². The number of hydrogen-bond donors (Lipinski definition) is 1. The standard InChI is InChI=1S/C21H34O3.C2H4O/c1-3-5-6-7-8-9-10-13-19-14-11-12-15-21(19)24-18-20(22)17-23-16-4-2;1-2-3-1/h4,11-12,14-15,20,22H,2-3,5-10,13,16-18H2,1H3;1-2H2. The zero-order chi connectivity index (χ0) is 19.6. The van der Waals surface area contributed by atoms with Gasteiger partial charge in [-0.25, -0.2) is 0 Å². The van der Waals surface area contributed by atoms with Crippen molar-refractivity contribution in [1.82, 2.24) is 0 Å². The molecule has 0 saturated carbocycles. The summed E-state index contributed by atoms with van der Waals surface area (Å²) >= 11 is 0. The topological polar surface area (TPSA) is 51.2 Å². The second-order valence-electron chi connectivity index (χ2n) is 6.88. The van der Waals surface area contributed by atoms with E-state index in [4.69, 9.17) is 9.47 Å². The Morgan fingerprint density at radius 3 is 2.41 bits per heavy atom. The fourth-order valence-electron chi connectivity index (χ4n) is 2.65. The third kappa shape index (κ3) is 14.4. The Balaban J connectivity index is 0.00000110. The lowest BCUT2D eigenvalue weighted by atomic mass is 10.0. The van der Waals surface area contributed by atoms with Gasteiger partial charge >= 0.3 is 0 Å². The van der Waals surface area contributed by atoms with Crippen LogP contribution in [0.4, 0.5) is 0 Å². The van der Waals surface area contributed by atoms with E-state index in [1.165, 1.54) is 50.5 Å². The van der Waals surface area contributed by atoms with Crippen molar-refractivity contribution in [1.29, 1.82) is 0 Å². The fourth-order valence-corrected chi connectivity index (χ4v) is 2.65. The maximum atomic E-state index is 9.86. The predicted molar refractivity (Wildman–Crippen MR) is 111 cm³/mol. The molecule has 4 heteroatoms. The molecule has 2 rings (SSSR count). The summed E-state index contributed by atoms with van der Waals surface area (Å²) in [5.41, 5.74) is 1.23. The molecule has 1 aliphatic rings. The minimum atomic E-state index is -0.614. The molecule has 1 saturated heterocycles. The molecule has 0 aromatic heterocycles. The number of para-hydroxylation sites is 1. The predicted octanol–water partition coefficient (Wildman–Crippen LogP) is 4.94. The molecule has 1 N–H and O–H groups in total. The van der Waals surface area contributed by atoms with Crippen LogP contribution in [-0.2, 0) is 15.9 Å². The maximum Gasteiger partial charge on any atom is 0.122 e. The number of aliphatic hydroxyl groups is 1. The van der Waals surface area contributed by atoms with E-state index in [-0.39, 0.29) is 13.2 Å². The molecule has 27 heavy (non-hydrogen) atoms. The molecule has 1 aromatic rings. The largest absolute Gasteiger partial charge is 0.491 e. The smallest absolute Gasteiger partial charge is 0.122 e. The Morgan fingerprint density at radius 1 is 1.07 bits per heavy atom. The van der Waals surface area contributed by atoms with Gasteiger partial charge in [-0.15, -0.1) is 6.58 Å². The first-order chi connectivity index (χ1) is 13.3. The van der Waals surface area contributed by atoms with Crippen LogP contribution in [0, 0.1) is 0 Å². The fraction of sp³-hybridized carbons (Fsp3) is 0.652. The van der Waals surface area contributed by atoms with Gasteiger partial charge in [0.1, 0.15) is 18.5 Å². The van der Waals surface area contributed by atoms with Gasteiger partial charge < -0.3 is 19.3 Å². The Labute approximate surface area is 165 Å². The van der Waals surface area contributed by atoms with Gasteiger partial charge in [0.25, 0.3) is 0 Å². The molecule has 1 fully saturated rings. The Kier molecular flexibility index (Phi) is 14.7. The average molecular weight is 379 g/mol. The summed E-state index contributed by atoms with van der Waals surface area (Å²) in [6.45, 7) is 8.81. The van der Waals surface area contributed by atoms with Crippen LogP contribution in [0.15, 0.2) is 36.9 Å². The highest BCUT2D eigenvalue weighted by molar-refractivity contribution is 5.33. The first kappa shape index (κ1) is 23.7. The second-order valence-corrected chi connectivity index (χ2v) is 6.88. The molecule has 0 radical (unpaired) electrons. The van der Waals surface area contributed by atoms with Gasteiger partial charge in [-0.1, -0.05) is 69.7 Å². The normalized spacial score (nSPS) is 13.4. The van der Waals surface area contributed by atoms with Crippen molar-refractivity contribution in [2.45, 2.75) is 64.4 Å². The highest BCUT2D eigenvalue weighted by Crippen LogP contribution is 2.21. The number of ether oxygens (including phenoxy) is 3. The number of rotatable bonds is 15. The van der Waals surface area contributed by atoms with Crippen molar-refractivity contribution < 1.29 is 19.3 Å². The summed E-state index contributed by atoms with van der Waals surface area (Å²) < 4.78 is 15.5. The molecule has 0 amide bonds. The molecule has 1 unspecified atom stereocenters. The maximum absolute atomic E-state index is 9.86. The van der Waals surface area contributed by atoms with Gasteiger partial charge in [-0.05, 0) is 24.5 Å². The van der Waals surface area contributed by atoms with Crippen LogP contribution >= 0.6 is 0 Å². The third-order valence-corrected chi connectivity index (χ3v) is 4.20. The summed E-state index contributed by atoms with van der Waals surface area (Å²) in [6.07, 6.45) is 11.3. The van der Waals surface area contributed by atoms with E-state index < -0.39 is 6.10 Å². The molecule has 154 valence electrons. The van der Waals surface area contributed by atoms with E-state index in [9.17, 15) is 5.11 Å². The summed E-state index contributed by atoms with van der Waals surface area (Å²) in [5, 5.41) is 9.86. The third-order valence-electron chi connectivity index (χ3n) is 4.20. The molecule has 4 nitrogen and oxygen atoms in total. The molecule has 1 aliphatic heterocycles. The lowest BCUT2D eigenvalue weighted by molar-refractivity contribution is 0.0212. The Bertz CT molecular complexity index is 470. The first-order valence-electron chi connectivity index (χ1n) is 10.4. The minimum Gasteiger partial charge on any atom is -0.491 e. The van der Waals surface area contributed by atoms with Crippen LogP contribution in [-0.4, -0.2) is 44.2 Å². The van der Waals surface area contributed by atoms with Gasteiger partial charge in [0, 0.05) is 0 Å². The van der Waals surface area contributed by atoms with Gasteiger partial charge in [0.05, 0.1) is 26.4 Å². The lowest BCUT2D eigenvalue weighted by Gasteiger charge is -2.15. The Hall–Kier alpha value is -1.36. The SMILES string of the molecule is C1CO1.C=CCOCC(O)COc1ccccc1CCCCCCCCC. The average Bonchev–Trinajstić information content (AvgIpc) is 3.56. The van der Waals surface area contributed by atoms with Crippen molar-refractivity contribution >= 4 is 0 Å². The number of hydrogen-bond acceptors (Lipinski definition) is 4. The van der Waals surface area contributed by atoms with Gasteiger partial charge in [0.2, 0.25) is 0 Å². The van der Waals surface area contributed by atoms with Crippen LogP contribution in [0.2, 0.25) is 0 Å². The lowest BCUT2D eigenvalue weighted by Crippen LogP contribution is -2.23. The highest BCUT2D eigenvalue weighted by atomic mass is 16.6. The molecule has 1 heterocycles. The van der Waals surface area contributed by atoms with E-state index in [0.717, 1.165) is 25.4 Å². The zero-order valence-corrected chi connectivity index (χ0v) is 17.0. The molecule has 0 bridgehead atoms. The number of epoxide rings is 1. The van der Waals surface area contributed by atoms with Crippen LogP contribution < -0.4 is 4.74 Å². The van der Waals surface area contributed by atoms with Crippen LogP contribution in [0.5, 0.6) is 5.75 Å². The molecule has 0 aliphatic carbocycles. The van der Waals surface area contributed by atoms with Crippen molar-refractivity contribution in [2.75, 3.05) is 33.0 Å². The Morgan fingerprint density at radius 2 is 1.74 bits per heavy atom. The van der Waals surface area contributed by atoms with Gasteiger partial charge in [0.15, 0.2) is 0 Å². The summed E-state index contributed by atoms with van der Waals surface area (Å²) in [7, 11) is 0. The van der Waals surface area contributed by atoms with E-state index in [1.807, 2.05) is 18.2 Å². The van der Waals surface area contributed by atoms with E-state index in [1.54, 1.807) is 6.08 Å². The van der Waals surface area contributed by atoms with Crippen LogP contribution in [0.1, 0.15) is 57.4 Å². The summed E-state index contributed by atoms with van der Waals surface area (Å²) in [5.74, 6) is 0.881. The molecule has 0 spiro atoms. The summed E-state index contributed by atoms with van der Waals surface area (Å²) in [6, 6.07) is 8.12. The number of aryl methyl sites for hydroxylation is 1. The molecule has 1 atom stereocenters. The van der Waals surface area contributed by atoms with E-state index in [0.29, 0.717) is 6.61 Å². The van der Waals surface area contributed by atoms with Crippen molar-refractivity contribution in [2.24, 2.45) is 0 Å². The number of unbranched alkanes of at least 4 members (excludes halogenated alkanes) is 6. The van der Waals surface area contributed by atoms with Crippen LogP contribution in [0.25, 0.3) is 0 Å². The second kappa shape index (κ2) is 16.8. The van der Waals surface area contributed by atoms with Crippen molar-refractivity contribution in [3.05, 3.63) is 42.5 Å². The molecular weight excluding hydrogens is 340 g/mol. The van der Waals surface area contributed by atoms with Crippen LogP contribution in [0.3, 0.4) is 0 Å². The van der Waals surface area contributed by atoms with Crippen molar-refractivity contribution in [3.63, 3.8) is 0 Å². The quantitative estimate of drug-likeness (QED) is 0.267. The first-order valence-corrected chi connectivity index (χ1v) is 10.4. The molecular formula is C23H38O4. The monoisotopic (exact) mass is 378 g/mol. The highest BCUT2D eigenvalue weighted by Gasteiger charge is 2.08. The zero-order valence-electron chi connectivity index (χ0n) is 17.0. The van der Waals surface area contributed by atoms with Crippen molar-refractivity contribution in [3.8, 4) is 5.75 Å².